The van der Waals surface area contributed by atoms with Crippen LogP contribution in [0, 0.1) is 0 Å². The third kappa shape index (κ3) is 4.16. The van der Waals surface area contributed by atoms with Crippen molar-refractivity contribution in [2.75, 3.05) is 26.2 Å². The third-order valence-electron chi connectivity index (χ3n) is 4.87. The van der Waals surface area contributed by atoms with Crippen molar-refractivity contribution in [2.24, 2.45) is 0 Å². The minimum absolute atomic E-state index is 0.0664. The lowest BCUT2D eigenvalue weighted by Gasteiger charge is -2.17. The Bertz CT molecular complexity index is 1000. The maximum Gasteiger partial charge on any atom is 0.240 e. The maximum atomic E-state index is 12.4. The molecule has 142 valence electrons. The molecule has 0 amide bonds. The number of rotatable bonds is 7. The molecule has 2 heterocycles. The Labute approximate surface area is 159 Å². The van der Waals surface area contributed by atoms with Crippen LogP contribution in [0.5, 0.6) is 5.75 Å². The summed E-state index contributed by atoms with van der Waals surface area (Å²) in [4.78, 5) is 5.72. The van der Waals surface area contributed by atoms with Gasteiger partial charge in [0.15, 0.2) is 0 Å². The number of hydrogen-bond donors (Lipinski definition) is 2. The largest absolute Gasteiger partial charge is 0.492 e. The lowest BCUT2D eigenvalue weighted by Crippen LogP contribution is -2.37. The van der Waals surface area contributed by atoms with Gasteiger partial charge in [-0.15, -0.1) is 0 Å². The zero-order chi connectivity index (χ0) is 18.7. The molecule has 2 aromatic carbocycles. The summed E-state index contributed by atoms with van der Waals surface area (Å²) < 4.78 is 33.6. The van der Waals surface area contributed by atoms with E-state index >= 15 is 0 Å². The molecule has 6 nitrogen and oxygen atoms in total. The Morgan fingerprint density at radius 2 is 1.96 bits per heavy atom. The van der Waals surface area contributed by atoms with Crippen LogP contribution in [0.25, 0.3) is 10.9 Å². The van der Waals surface area contributed by atoms with Gasteiger partial charge in [0.25, 0.3) is 0 Å². The third-order valence-corrected chi connectivity index (χ3v) is 6.40. The molecule has 2 N–H and O–H groups in total. The molecule has 0 aliphatic carbocycles. The molecule has 1 saturated heterocycles. The number of fused-ring (bicyclic) bond motifs is 1. The molecule has 1 unspecified atom stereocenters. The van der Waals surface area contributed by atoms with E-state index in [1.807, 2.05) is 36.5 Å². The molecular formula is C20H23N3O3S. The summed E-state index contributed by atoms with van der Waals surface area (Å²) in [5.74, 6) is 0.870. The maximum absolute atomic E-state index is 12.4. The van der Waals surface area contributed by atoms with Crippen LogP contribution in [0.2, 0.25) is 0 Å². The summed E-state index contributed by atoms with van der Waals surface area (Å²) in [5, 5.41) is 1.08. The van der Waals surface area contributed by atoms with Crippen LogP contribution < -0.4 is 9.46 Å². The highest BCUT2D eigenvalue weighted by molar-refractivity contribution is 7.89. The van der Waals surface area contributed by atoms with E-state index in [1.165, 1.54) is 0 Å². The standard InChI is InChI=1S/C20H23N3O3S/c24-27(25,17-5-2-1-3-6-17)22-16-10-12-23(15-16)13-14-26-20-8-4-7-19-18(20)9-11-21-19/h1-9,11,16,21-22H,10,12-15H2. The SMILES string of the molecule is O=S(=O)(NC1CCN(CCOc2cccc3[nH]ccc23)C1)c1ccccc1. The van der Waals surface area contributed by atoms with Crippen molar-refractivity contribution in [2.45, 2.75) is 17.4 Å². The molecule has 27 heavy (non-hydrogen) atoms. The van der Waals surface area contributed by atoms with Gasteiger partial charge in [-0.05, 0) is 43.3 Å². The molecule has 3 aromatic rings. The normalized spacial score (nSPS) is 18.1. The average molecular weight is 385 g/mol. The number of H-pyrrole nitrogens is 1. The minimum Gasteiger partial charge on any atom is -0.492 e. The molecule has 1 aliphatic rings. The smallest absolute Gasteiger partial charge is 0.240 e. The molecule has 1 fully saturated rings. The Morgan fingerprint density at radius 3 is 2.81 bits per heavy atom. The van der Waals surface area contributed by atoms with Gasteiger partial charge in [-0.3, -0.25) is 4.90 Å². The van der Waals surface area contributed by atoms with Gasteiger partial charge in [-0.2, -0.15) is 0 Å². The highest BCUT2D eigenvalue weighted by Gasteiger charge is 2.27. The lowest BCUT2D eigenvalue weighted by atomic mass is 10.2. The number of aromatic nitrogens is 1. The molecule has 0 radical (unpaired) electrons. The molecule has 1 aliphatic heterocycles. The number of likely N-dealkylation sites (tertiary alicyclic amines) is 1. The fourth-order valence-electron chi connectivity index (χ4n) is 3.49. The van der Waals surface area contributed by atoms with Crippen LogP contribution >= 0.6 is 0 Å². The molecule has 1 atom stereocenters. The quantitative estimate of drug-likeness (QED) is 0.656. The van der Waals surface area contributed by atoms with E-state index < -0.39 is 10.0 Å². The predicted molar refractivity (Wildman–Crippen MR) is 105 cm³/mol. The number of nitrogens with zero attached hydrogens (tertiary/aromatic N) is 1. The summed E-state index contributed by atoms with van der Waals surface area (Å²) in [6.45, 7) is 2.90. The van der Waals surface area contributed by atoms with Crippen LogP contribution in [0.1, 0.15) is 6.42 Å². The topological polar surface area (TPSA) is 74.4 Å². The van der Waals surface area contributed by atoms with Gasteiger partial charge < -0.3 is 9.72 Å². The molecule has 1 aromatic heterocycles. The first-order valence-electron chi connectivity index (χ1n) is 9.10. The molecule has 7 heteroatoms. The zero-order valence-corrected chi connectivity index (χ0v) is 15.8. The molecule has 0 spiro atoms. The van der Waals surface area contributed by atoms with E-state index in [-0.39, 0.29) is 6.04 Å². The fraction of sp³-hybridized carbons (Fsp3) is 0.300. The first kappa shape index (κ1) is 18.0. The van der Waals surface area contributed by atoms with E-state index in [9.17, 15) is 8.42 Å². The highest BCUT2D eigenvalue weighted by Crippen LogP contribution is 2.24. The number of hydrogen-bond acceptors (Lipinski definition) is 4. The van der Waals surface area contributed by atoms with Crippen molar-refractivity contribution < 1.29 is 13.2 Å². The second-order valence-corrected chi connectivity index (χ2v) is 8.48. The van der Waals surface area contributed by atoms with Crippen molar-refractivity contribution >= 4 is 20.9 Å². The number of aromatic amines is 1. The summed E-state index contributed by atoms with van der Waals surface area (Å²) in [7, 11) is -3.46. The highest BCUT2D eigenvalue weighted by atomic mass is 32.2. The molecule has 4 rings (SSSR count). The monoisotopic (exact) mass is 385 g/mol. The number of nitrogens with one attached hydrogen (secondary N) is 2. The van der Waals surface area contributed by atoms with E-state index in [0.717, 1.165) is 36.2 Å². The second kappa shape index (κ2) is 7.72. The predicted octanol–water partition coefficient (Wildman–Crippen LogP) is 2.60. The van der Waals surface area contributed by atoms with Gasteiger partial charge in [-0.1, -0.05) is 24.3 Å². The van der Waals surface area contributed by atoms with Crippen molar-refractivity contribution in [3.05, 3.63) is 60.8 Å². The van der Waals surface area contributed by atoms with Crippen molar-refractivity contribution in [3.8, 4) is 5.75 Å². The van der Waals surface area contributed by atoms with Gasteiger partial charge >= 0.3 is 0 Å². The average Bonchev–Trinajstić information content (AvgIpc) is 3.32. The lowest BCUT2D eigenvalue weighted by molar-refractivity contribution is 0.237. The van der Waals surface area contributed by atoms with Crippen molar-refractivity contribution in [1.29, 1.82) is 0 Å². The number of benzene rings is 2. The van der Waals surface area contributed by atoms with E-state index in [1.54, 1.807) is 24.3 Å². The van der Waals surface area contributed by atoms with E-state index in [4.69, 9.17) is 4.74 Å². The van der Waals surface area contributed by atoms with Crippen LogP contribution in [-0.2, 0) is 10.0 Å². The van der Waals surface area contributed by atoms with Gasteiger partial charge in [0.05, 0.1) is 4.90 Å². The van der Waals surface area contributed by atoms with Crippen molar-refractivity contribution in [3.63, 3.8) is 0 Å². The molecule has 0 bridgehead atoms. The summed E-state index contributed by atoms with van der Waals surface area (Å²) in [6.07, 6.45) is 2.71. The van der Waals surface area contributed by atoms with Crippen LogP contribution in [-0.4, -0.2) is 50.6 Å². The first-order valence-corrected chi connectivity index (χ1v) is 10.6. The van der Waals surface area contributed by atoms with E-state index in [0.29, 0.717) is 18.0 Å². The Hall–Kier alpha value is -2.35. The summed E-state index contributed by atoms with van der Waals surface area (Å²) >= 11 is 0. The Morgan fingerprint density at radius 1 is 1.11 bits per heavy atom. The van der Waals surface area contributed by atoms with Crippen molar-refractivity contribution in [1.82, 2.24) is 14.6 Å². The van der Waals surface area contributed by atoms with Gasteiger partial charge in [0, 0.05) is 36.2 Å². The summed E-state index contributed by atoms with van der Waals surface area (Å²) in [5.41, 5.74) is 1.06. The van der Waals surface area contributed by atoms with Crippen LogP contribution in [0.15, 0.2) is 65.7 Å². The summed E-state index contributed by atoms with van der Waals surface area (Å²) in [6, 6.07) is 16.4. The number of sulfonamides is 1. The minimum atomic E-state index is -3.46. The molecular weight excluding hydrogens is 362 g/mol. The van der Waals surface area contributed by atoms with Gasteiger partial charge in [-0.25, -0.2) is 13.1 Å². The van der Waals surface area contributed by atoms with Crippen LogP contribution in [0.4, 0.5) is 0 Å². The zero-order valence-electron chi connectivity index (χ0n) is 15.0. The Kier molecular flexibility index (Phi) is 5.15. The van der Waals surface area contributed by atoms with Crippen LogP contribution in [0.3, 0.4) is 0 Å². The van der Waals surface area contributed by atoms with Gasteiger partial charge in [0.1, 0.15) is 12.4 Å². The molecule has 0 saturated carbocycles. The van der Waals surface area contributed by atoms with E-state index in [2.05, 4.69) is 14.6 Å². The second-order valence-electron chi connectivity index (χ2n) is 6.76. The van der Waals surface area contributed by atoms with Gasteiger partial charge in [0.2, 0.25) is 10.0 Å². The number of ether oxygens (including phenoxy) is 1. The first-order chi connectivity index (χ1) is 13.1. The Balaban J connectivity index is 1.28. The fourth-order valence-corrected chi connectivity index (χ4v) is 4.77.